The molecule has 0 bridgehead atoms. The Bertz CT molecular complexity index is 1130. The van der Waals surface area contributed by atoms with Gasteiger partial charge in [-0.3, -0.25) is 9.48 Å². The van der Waals surface area contributed by atoms with Crippen LogP contribution in [0.5, 0.6) is 11.5 Å². The SMILES string of the molecule is Cc1cccc(C)c1C1CCc2cc(O[C@H]3CC[C@H](NC(=O)CCn4cccn4)CC3)ccc2O1. The zero-order valence-corrected chi connectivity index (χ0v) is 20.7. The summed E-state index contributed by atoms with van der Waals surface area (Å²) in [6.07, 6.45) is 10.1. The van der Waals surface area contributed by atoms with E-state index in [0.29, 0.717) is 13.0 Å². The molecule has 0 radical (unpaired) electrons. The first-order valence-corrected chi connectivity index (χ1v) is 12.8. The number of benzene rings is 2. The maximum absolute atomic E-state index is 12.3. The van der Waals surface area contributed by atoms with Crippen molar-refractivity contribution in [3.05, 3.63) is 77.1 Å². The summed E-state index contributed by atoms with van der Waals surface area (Å²) in [7, 11) is 0. The van der Waals surface area contributed by atoms with Gasteiger partial charge in [0.1, 0.15) is 17.6 Å². The summed E-state index contributed by atoms with van der Waals surface area (Å²) in [5.74, 6) is 1.99. The number of nitrogens with one attached hydrogen (secondary N) is 1. The van der Waals surface area contributed by atoms with Crippen molar-refractivity contribution < 1.29 is 14.3 Å². The number of hydrogen-bond donors (Lipinski definition) is 1. The van der Waals surface area contributed by atoms with E-state index in [-0.39, 0.29) is 24.2 Å². The van der Waals surface area contributed by atoms with E-state index in [2.05, 4.69) is 54.6 Å². The van der Waals surface area contributed by atoms with Crippen LogP contribution < -0.4 is 14.8 Å². The van der Waals surface area contributed by atoms with Crippen LogP contribution in [0.3, 0.4) is 0 Å². The largest absolute Gasteiger partial charge is 0.490 e. The Morgan fingerprint density at radius 2 is 1.89 bits per heavy atom. The number of aromatic nitrogens is 2. The van der Waals surface area contributed by atoms with E-state index in [0.717, 1.165) is 50.0 Å². The molecule has 1 aliphatic carbocycles. The average molecular weight is 474 g/mol. The Balaban J connectivity index is 1.10. The Kier molecular flexibility index (Phi) is 7.07. The molecule has 3 aromatic rings. The number of carbonyl (C=O) groups is 1. The topological polar surface area (TPSA) is 65.4 Å². The van der Waals surface area contributed by atoms with Crippen LogP contribution >= 0.6 is 0 Å². The second kappa shape index (κ2) is 10.5. The van der Waals surface area contributed by atoms with Gasteiger partial charge >= 0.3 is 0 Å². The fourth-order valence-corrected chi connectivity index (χ4v) is 5.44. The molecule has 1 unspecified atom stereocenters. The summed E-state index contributed by atoms with van der Waals surface area (Å²) in [5.41, 5.74) is 5.14. The van der Waals surface area contributed by atoms with Crippen molar-refractivity contribution >= 4 is 5.91 Å². The van der Waals surface area contributed by atoms with Crippen molar-refractivity contribution in [3.63, 3.8) is 0 Å². The van der Waals surface area contributed by atoms with Crippen LogP contribution in [0.25, 0.3) is 0 Å². The first kappa shape index (κ1) is 23.5. The molecule has 1 fully saturated rings. The molecule has 6 nitrogen and oxygen atoms in total. The van der Waals surface area contributed by atoms with Crippen molar-refractivity contribution in [3.8, 4) is 11.5 Å². The Labute approximate surface area is 207 Å². The molecule has 1 saturated carbocycles. The van der Waals surface area contributed by atoms with E-state index in [1.807, 2.05) is 18.3 Å². The summed E-state index contributed by atoms with van der Waals surface area (Å²) in [6.45, 7) is 4.95. The fraction of sp³-hybridized carbons (Fsp3) is 0.448. The predicted molar refractivity (Wildman–Crippen MR) is 136 cm³/mol. The van der Waals surface area contributed by atoms with Crippen molar-refractivity contribution in [1.29, 1.82) is 0 Å². The molecule has 2 aliphatic rings. The van der Waals surface area contributed by atoms with Crippen LogP contribution in [-0.4, -0.2) is 27.8 Å². The minimum atomic E-state index is 0.0961. The molecule has 2 aromatic carbocycles. The lowest BCUT2D eigenvalue weighted by molar-refractivity contribution is -0.122. The van der Waals surface area contributed by atoms with Crippen molar-refractivity contribution in [2.45, 2.75) is 83.6 Å². The highest BCUT2D eigenvalue weighted by Gasteiger charge is 2.26. The van der Waals surface area contributed by atoms with Gasteiger partial charge in [-0.05, 0) is 98.9 Å². The highest BCUT2D eigenvalue weighted by molar-refractivity contribution is 5.76. The van der Waals surface area contributed by atoms with E-state index >= 15 is 0 Å². The number of carbonyl (C=O) groups excluding carboxylic acids is 1. The molecule has 1 N–H and O–H groups in total. The average Bonchev–Trinajstić information content (AvgIpc) is 3.38. The van der Waals surface area contributed by atoms with Gasteiger partial charge in [-0.2, -0.15) is 5.10 Å². The Morgan fingerprint density at radius 3 is 2.63 bits per heavy atom. The van der Waals surface area contributed by atoms with Gasteiger partial charge in [0, 0.05) is 31.4 Å². The number of hydrogen-bond acceptors (Lipinski definition) is 4. The maximum atomic E-state index is 12.3. The number of amides is 1. The van der Waals surface area contributed by atoms with Gasteiger partial charge in [0.25, 0.3) is 0 Å². The van der Waals surface area contributed by atoms with Crippen LogP contribution in [0.2, 0.25) is 0 Å². The third-order valence-electron chi connectivity index (χ3n) is 7.31. The van der Waals surface area contributed by atoms with Gasteiger partial charge in [0.2, 0.25) is 5.91 Å². The molecule has 5 rings (SSSR count). The van der Waals surface area contributed by atoms with Crippen LogP contribution in [-0.2, 0) is 17.8 Å². The van der Waals surface area contributed by atoms with Gasteiger partial charge in [0.05, 0.1) is 6.10 Å². The molecule has 6 heteroatoms. The molecule has 35 heavy (non-hydrogen) atoms. The first-order chi connectivity index (χ1) is 17.0. The molecule has 0 spiro atoms. The zero-order chi connectivity index (χ0) is 24.2. The lowest BCUT2D eigenvalue weighted by atomic mass is 9.91. The maximum Gasteiger partial charge on any atom is 0.222 e. The van der Waals surface area contributed by atoms with Gasteiger partial charge in [0.15, 0.2) is 0 Å². The van der Waals surface area contributed by atoms with Gasteiger partial charge in [-0.15, -0.1) is 0 Å². The Hall–Kier alpha value is -3.28. The summed E-state index contributed by atoms with van der Waals surface area (Å²) >= 11 is 0. The summed E-state index contributed by atoms with van der Waals surface area (Å²) in [6, 6.07) is 14.8. The number of aryl methyl sites for hydroxylation is 4. The second-order valence-electron chi connectivity index (χ2n) is 9.90. The van der Waals surface area contributed by atoms with E-state index in [9.17, 15) is 4.79 Å². The smallest absolute Gasteiger partial charge is 0.222 e. The number of rotatable bonds is 7. The van der Waals surface area contributed by atoms with E-state index in [1.54, 1.807) is 10.9 Å². The molecule has 2 heterocycles. The summed E-state index contributed by atoms with van der Waals surface area (Å²) in [4.78, 5) is 12.3. The van der Waals surface area contributed by atoms with Crippen molar-refractivity contribution in [2.75, 3.05) is 0 Å². The standard InChI is InChI=1S/C29H35N3O3/c1-20-5-3-6-21(2)29(20)27-13-7-22-19-25(12-14-26(22)35-27)34-24-10-8-23(9-11-24)31-28(33)15-18-32-17-4-16-30-32/h3-6,12,14,16-17,19,23-24,27H,7-11,13,15,18H2,1-2H3,(H,31,33)/t23-,24-,27?. The molecule has 1 aromatic heterocycles. The summed E-state index contributed by atoms with van der Waals surface area (Å²) in [5, 5.41) is 7.33. The second-order valence-corrected chi connectivity index (χ2v) is 9.90. The molecule has 0 saturated heterocycles. The normalized spacial score (nSPS) is 21.6. The molecule has 1 atom stereocenters. The van der Waals surface area contributed by atoms with Gasteiger partial charge in [-0.1, -0.05) is 18.2 Å². The minimum absolute atomic E-state index is 0.0961. The molecule has 1 amide bonds. The lowest BCUT2D eigenvalue weighted by Crippen LogP contribution is -2.40. The zero-order valence-electron chi connectivity index (χ0n) is 20.7. The van der Waals surface area contributed by atoms with E-state index in [4.69, 9.17) is 9.47 Å². The van der Waals surface area contributed by atoms with Crippen LogP contribution in [0.15, 0.2) is 54.9 Å². The molecule has 1 aliphatic heterocycles. The molecular formula is C29H35N3O3. The predicted octanol–water partition coefficient (Wildman–Crippen LogP) is 5.46. The lowest BCUT2D eigenvalue weighted by Gasteiger charge is -2.31. The van der Waals surface area contributed by atoms with Gasteiger partial charge in [-0.25, -0.2) is 0 Å². The van der Waals surface area contributed by atoms with E-state index in [1.165, 1.54) is 22.3 Å². The van der Waals surface area contributed by atoms with Crippen LogP contribution in [0.1, 0.15) is 66.9 Å². The third kappa shape index (κ3) is 5.69. The highest BCUT2D eigenvalue weighted by Crippen LogP contribution is 2.39. The Morgan fingerprint density at radius 1 is 1.09 bits per heavy atom. The number of fused-ring (bicyclic) bond motifs is 1. The van der Waals surface area contributed by atoms with Gasteiger partial charge < -0.3 is 14.8 Å². The molecule has 184 valence electrons. The fourth-order valence-electron chi connectivity index (χ4n) is 5.44. The number of nitrogens with zero attached hydrogens (tertiary/aromatic N) is 2. The minimum Gasteiger partial charge on any atom is -0.490 e. The monoisotopic (exact) mass is 473 g/mol. The van der Waals surface area contributed by atoms with Crippen LogP contribution in [0, 0.1) is 13.8 Å². The quantitative estimate of drug-likeness (QED) is 0.495. The van der Waals surface area contributed by atoms with Crippen molar-refractivity contribution in [1.82, 2.24) is 15.1 Å². The highest BCUT2D eigenvalue weighted by atomic mass is 16.5. The number of ether oxygens (including phenoxy) is 2. The van der Waals surface area contributed by atoms with E-state index < -0.39 is 0 Å². The first-order valence-electron chi connectivity index (χ1n) is 12.8. The van der Waals surface area contributed by atoms with Crippen LogP contribution in [0.4, 0.5) is 0 Å². The third-order valence-corrected chi connectivity index (χ3v) is 7.31. The summed E-state index contributed by atoms with van der Waals surface area (Å²) < 4.78 is 14.5. The molecular weight excluding hydrogens is 438 g/mol. The van der Waals surface area contributed by atoms with Crippen molar-refractivity contribution in [2.24, 2.45) is 0 Å².